The number of fused-ring (bicyclic) bond motifs is 1. The van der Waals surface area contributed by atoms with Gasteiger partial charge in [-0.15, -0.1) is 0 Å². The molecule has 2 N–H and O–H groups in total. The molecule has 1 aromatic heterocycles. The molecule has 1 aliphatic rings. The molecule has 5 nitrogen and oxygen atoms in total. The predicted molar refractivity (Wildman–Crippen MR) is 114 cm³/mol. The Labute approximate surface area is 175 Å². The van der Waals surface area contributed by atoms with Crippen molar-refractivity contribution in [1.29, 1.82) is 0 Å². The van der Waals surface area contributed by atoms with Crippen LogP contribution < -0.4 is 0 Å². The van der Waals surface area contributed by atoms with Crippen molar-refractivity contribution < 1.29 is 19.0 Å². The van der Waals surface area contributed by atoms with Gasteiger partial charge in [-0.1, -0.05) is 30.3 Å². The van der Waals surface area contributed by atoms with Gasteiger partial charge in [-0.3, -0.25) is 0 Å². The highest BCUT2D eigenvalue weighted by Gasteiger charge is 2.44. The maximum atomic E-state index is 14.2. The average molecular weight is 410 g/mol. The molecule has 1 fully saturated rings. The summed E-state index contributed by atoms with van der Waals surface area (Å²) in [5, 5.41) is 11.9. The quantitative estimate of drug-likeness (QED) is 0.651. The molecule has 2 heterocycles. The van der Waals surface area contributed by atoms with E-state index in [1.54, 1.807) is 11.0 Å². The number of carbonyl (C=O) groups is 1. The first-order valence-corrected chi connectivity index (χ1v) is 10.2. The number of rotatable bonds is 3. The highest BCUT2D eigenvalue weighted by Crippen LogP contribution is 2.40. The van der Waals surface area contributed by atoms with Gasteiger partial charge in [0.2, 0.25) is 0 Å². The highest BCUT2D eigenvalue weighted by molar-refractivity contribution is 5.84. The van der Waals surface area contributed by atoms with Crippen LogP contribution in [0, 0.1) is 5.82 Å². The molecule has 30 heavy (non-hydrogen) atoms. The number of aliphatic hydroxyl groups is 1. The molecule has 3 aromatic rings. The second-order valence-corrected chi connectivity index (χ2v) is 8.84. The second kappa shape index (κ2) is 7.76. The van der Waals surface area contributed by atoms with Crippen LogP contribution >= 0.6 is 0 Å². The molecular weight excluding hydrogens is 383 g/mol. The Morgan fingerprint density at radius 2 is 2.00 bits per heavy atom. The van der Waals surface area contributed by atoms with Crippen LogP contribution in [0.2, 0.25) is 0 Å². The van der Waals surface area contributed by atoms with Crippen molar-refractivity contribution in [3.05, 3.63) is 71.7 Å². The number of aromatic amines is 1. The van der Waals surface area contributed by atoms with Crippen LogP contribution in [0.5, 0.6) is 0 Å². The maximum Gasteiger partial charge on any atom is 0.410 e. The first kappa shape index (κ1) is 20.4. The summed E-state index contributed by atoms with van der Waals surface area (Å²) in [4.78, 5) is 17.8. The van der Waals surface area contributed by atoms with E-state index < -0.39 is 29.8 Å². The van der Waals surface area contributed by atoms with E-state index in [0.29, 0.717) is 18.5 Å². The minimum absolute atomic E-state index is 0.353. The van der Waals surface area contributed by atoms with Gasteiger partial charge in [-0.05, 0) is 56.5 Å². The average Bonchev–Trinajstić information content (AvgIpc) is 3.26. The van der Waals surface area contributed by atoms with Gasteiger partial charge >= 0.3 is 6.09 Å². The lowest BCUT2D eigenvalue weighted by Crippen LogP contribution is -2.46. The number of halogens is 1. The zero-order valence-corrected chi connectivity index (χ0v) is 17.4. The zero-order valence-electron chi connectivity index (χ0n) is 17.4. The number of aromatic nitrogens is 1. The summed E-state index contributed by atoms with van der Waals surface area (Å²) in [6, 6.07) is 13.7. The molecule has 158 valence electrons. The van der Waals surface area contributed by atoms with Crippen LogP contribution in [0.3, 0.4) is 0 Å². The number of benzene rings is 2. The fourth-order valence-corrected chi connectivity index (χ4v) is 4.35. The van der Waals surface area contributed by atoms with Crippen molar-refractivity contribution in [2.75, 3.05) is 6.54 Å². The van der Waals surface area contributed by atoms with Crippen molar-refractivity contribution in [2.24, 2.45) is 0 Å². The van der Waals surface area contributed by atoms with Crippen LogP contribution in [0.15, 0.2) is 54.7 Å². The number of nitrogens with one attached hydrogen (secondary N) is 1. The Balaban J connectivity index is 1.83. The topological polar surface area (TPSA) is 65.6 Å². The van der Waals surface area contributed by atoms with Gasteiger partial charge in [0.15, 0.2) is 0 Å². The molecular formula is C24H27FN2O3. The van der Waals surface area contributed by atoms with Crippen molar-refractivity contribution in [2.45, 2.75) is 50.9 Å². The Bertz CT molecular complexity index is 1060. The molecule has 0 bridgehead atoms. The van der Waals surface area contributed by atoms with Gasteiger partial charge in [0, 0.05) is 29.6 Å². The normalized spacial score (nSPS) is 20.5. The van der Waals surface area contributed by atoms with Gasteiger partial charge < -0.3 is 19.7 Å². The van der Waals surface area contributed by atoms with Crippen LogP contribution in [0.1, 0.15) is 44.2 Å². The first-order valence-electron chi connectivity index (χ1n) is 10.2. The number of hydrogen-bond acceptors (Lipinski definition) is 3. The molecule has 3 unspecified atom stereocenters. The van der Waals surface area contributed by atoms with Crippen LogP contribution in [-0.4, -0.2) is 45.4 Å². The maximum absolute atomic E-state index is 14.2. The third-order valence-corrected chi connectivity index (χ3v) is 5.55. The summed E-state index contributed by atoms with van der Waals surface area (Å²) in [5.41, 5.74) is 1.92. The van der Waals surface area contributed by atoms with E-state index in [4.69, 9.17) is 4.74 Å². The third-order valence-electron chi connectivity index (χ3n) is 5.55. The van der Waals surface area contributed by atoms with Gasteiger partial charge in [-0.2, -0.15) is 0 Å². The van der Waals surface area contributed by atoms with Gasteiger partial charge in [0.1, 0.15) is 11.4 Å². The minimum atomic E-state index is -0.751. The fraction of sp³-hybridized carbons (Fsp3) is 0.375. The SMILES string of the molecule is CC(C)(C)OC(=O)N1CCC(O)C1C(c1cccc(F)c1)c1c[nH]c2ccccc12. The van der Waals surface area contributed by atoms with Crippen molar-refractivity contribution in [1.82, 2.24) is 9.88 Å². The molecule has 1 amide bonds. The number of ether oxygens (including phenoxy) is 1. The van der Waals surface area contributed by atoms with Gasteiger partial charge in [0.05, 0.1) is 12.1 Å². The summed E-state index contributed by atoms with van der Waals surface area (Å²) in [7, 11) is 0. The van der Waals surface area contributed by atoms with E-state index in [-0.39, 0.29) is 5.82 Å². The number of hydrogen-bond donors (Lipinski definition) is 2. The van der Waals surface area contributed by atoms with E-state index in [0.717, 1.165) is 16.5 Å². The van der Waals surface area contributed by atoms with E-state index in [1.165, 1.54) is 12.1 Å². The Morgan fingerprint density at radius 3 is 2.73 bits per heavy atom. The largest absolute Gasteiger partial charge is 0.444 e. The number of carbonyl (C=O) groups excluding carboxylic acids is 1. The van der Waals surface area contributed by atoms with Crippen molar-refractivity contribution >= 4 is 17.0 Å². The molecule has 3 atom stereocenters. The second-order valence-electron chi connectivity index (χ2n) is 8.84. The molecule has 4 rings (SSSR count). The highest BCUT2D eigenvalue weighted by atomic mass is 19.1. The molecule has 0 aliphatic carbocycles. The Kier molecular flexibility index (Phi) is 5.28. The lowest BCUT2D eigenvalue weighted by atomic mass is 9.82. The van der Waals surface area contributed by atoms with E-state index in [2.05, 4.69) is 4.98 Å². The summed E-state index contributed by atoms with van der Waals surface area (Å²) >= 11 is 0. The first-order chi connectivity index (χ1) is 14.2. The zero-order chi connectivity index (χ0) is 21.5. The molecule has 6 heteroatoms. The van der Waals surface area contributed by atoms with E-state index in [9.17, 15) is 14.3 Å². The molecule has 2 aromatic carbocycles. The van der Waals surface area contributed by atoms with E-state index >= 15 is 0 Å². The number of amides is 1. The third kappa shape index (κ3) is 3.92. The van der Waals surface area contributed by atoms with Crippen molar-refractivity contribution in [3.8, 4) is 0 Å². The summed E-state index contributed by atoms with van der Waals surface area (Å²) in [6.07, 6.45) is 1.11. The Morgan fingerprint density at radius 1 is 1.23 bits per heavy atom. The number of H-pyrrole nitrogens is 1. The summed E-state index contributed by atoms with van der Waals surface area (Å²) < 4.78 is 19.8. The number of aliphatic hydroxyl groups excluding tert-OH is 1. The van der Waals surface area contributed by atoms with Gasteiger partial charge in [0.25, 0.3) is 0 Å². The lowest BCUT2D eigenvalue weighted by Gasteiger charge is -2.35. The number of likely N-dealkylation sites (tertiary alicyclic amines) is 1. The van der Waals surface area contributed by atoms with Gasteiger partial charge in [-0.25, -0.2) is 9.18 Å². The summed E-state index contributed by atoms with van der Waals surface area (Å²) in [5.74, 6) is -0.768. The lowest BCUT2D eigenvalue weighted by molar-refractivity contribution is 0.0134. The predicted octanol–water partition coefficient (Wildman–Crippen LogP) is 4.81. The van der Waals surface area contributed by atoms with Crippen molar-refractivity contribution in [3.63, 3.8) is 0 Å². The molecule has 1 saturated heterocycles. The fourth-order valence-electron chi connectivity index (χ4n) is 4.35. The Hall–Kier alpha value is -2.86. The standard InChI is InChI=1S/C24H27FN2O3/c1-24(2,3)30-23(29)27-12-11-20(28)22(27)21(15-7-6-8-16(25)13-15)18-14-26-19-10-5-4-9-17(18)19/h4-10,13-14,20-22,26,28H,11-12H2,1-3H3. The molecule has 0 radical (unpaired) electrons. The molecule has 0 saturated carbocycles. The summed E-state index contributed by atoms with van der Waals surface area (Å²) in [6.45, 7) is 5.83. The smallest absolute Gasteiger partial charge is 0.410 e. The van der Waals surface area contributed by atoms with Crippen LogP contribution in [0.4, 0.5) is 9.18 Å². The molecule has 1 aliphatic heterocycles. The minimum Gasteiger partial charge on any atom is -0.444 e. The van der Waals surface area contributed by atoms with Crippen LogP contribution in [0.25, 0.3) is 10.9 Å². The number of para-hydroxylation sites is 1. The van der Waals surface area contributed by atoms with Crippen LogP contribution in [-0.2, 0) is 4.74 Å². The number of nitrogens with zero attached hydrogens (tertiary/aromatic N) is 1. The van der Waals surface area contributed by atoms with E-state index in [1.807, 2.05) is 57.3 Å². The molecule has 0 spiro atoms. The monoisotopic (exact) mass is 410 g/mol.